The molecule has 5 rings (SSSR count). The highest BCUT2D eigenvalue weighted by atomic mass is 16.5. The number of benzene rings is 3. The van der Waals surface area contributed by atoms with Crippen LogP contribution in [0, 0.1) is 0 Å². The standard InChI is InChI=1S/C33H40N6O2/c1-37-19-21-38(22-20-37)23-24-39-35-31(27-14-16-30(41-2)17-15-27)32(36-39)28-12-8-13-29(25-28)33(40)34-18-7-6-11-26-9-4-3-5-10-26/h3-5,8-10,12-17,25H,6-7,11,18-24H2,1-2H3,(H,34,40). The Balaban J connectivity index is 1.28. The van der Waals surface area contributed by atoms with E-state index in [9.17, 15) is 4.79 Å². The molecule has 1 aromatic heterocycles. The number of rotatable bonds is 12. The molecule has 1 N–H and O–H groups in total. The Morgan fingerprint density at radius 1 is 0.829 bits per heavy atom. The largest absolute Gasteiger partial charge is 0.497 e. The van der Waals surface area contributed by atoms with Crippen molar-refractivity contribution < 1.29 is 9.53 Å². The molecular formula is C33H40N6O2. The van der Waals surface area contributed by atoms with Crippen LogP contribution in [0.15, 0.2) is 78.9 Å². The van der Waals surface area contributed by atoms with Crippen LogP contribution in [-0.2, 0) is 13.0 Å². The van der Waals surface area contributed by atoms with E-state index >= 15 is 0 Å². The second-order valence-electron chi connectivity index (χ2n) is 10.6. The first-order valence-corrected chi connectivity index (χ1v) is 14.5. The Morgan fingerprint density at radius 3 is 2.29 bits per heavy atom. The van der Waals surface area contributed by atoms with Gasteiger partial charge in [0.05, 0.1) is 13.7 Å². The fourth-order valence-corrected chi connectivity index (χ4v) is 5.10. The number of piperazine rings is 1. The molecule has 4 aromatic rings. The molecule has 1 fully saturated rings. The highest BCUT2D eigenvalue weighted by molar-refractivity contribution is 5.95. The number of hydrogen-bond donors (Lipinski definition) is 1. The van der Waals surface area contributed by atoms with E-state index in [1.54, 1.807) is 11.9 Å². The molecule has 1 aliphatic rings. The number of hydrogen-bond acceptors (Lipinski definition) is 6. The Morgan fingerprint density at radius 2 is 1.56 bits per heavy atom. The van der Waals surface area contributed by atoms with Gasteiger partial charge in [-0.1, -0.05) is 42.5 Å². The van der Waals surface area contributed by atoms with Crippen molar-refractivity contribution in [1.82, 2.24) is 30.1 Å². The summed E-state index contributed by atoms with van der Waals surface area (Å²) in [5.74, 6) is 0.722. The van der Waals surface area contributed by atoms with Crippen LogP contribution in [0.2, 0.25) is 0 Å². The molecule has 0 bridgehead atoms. The van der Waals surface area contributed by atoms with E-state index in [4.69, 9.17) is 14.9 Å². The van der Waals surface area contributed by atoms with Crippen molar-refractivity contribution in [1.29, 1.82) is 0 Å². The van der Waals surface area contributed by atoms with Gasteiger partial charge in [-0.2, -0.15) is 15.0 Å². The Bertz CT molecular complexity index is 1400. The minimum Gasteiger partial charge on any atom is -0.497 e. The molecule has 2 heterocycles. The summed E-state index contributed by atoms with van der Waals surface area (Å²) in [6.45, 7) is 6.52. The number of nitrogens with one attached hydrogen (secondary N) is 1. The molecule has 8 heteroatoms. The zero-order valence-corrected chi connectivity index (χ0v) is 24.1. The molecular weight excluding hydrogens is 512 g/mol. The summed E-state index contributed by atoms with van der Waals surface area (Å²) in [6, 6.07) is 26.0. The molecule has 0 spiro atoms. The number of likely N-dealkylation sites (N-methyl/N-ethyl adjacent to an activating group) is 1. The highest BCUT2D eigenvalue weighted by Crippen LogP contribution is 2.30. The second-order valence-corrected chi connectivity index (χ2v) is 10.6. The minimum absolute atomic E-state index is 0.0694. The van der Waals surface area contributed by atoms with Gasteiger partial charge in [0, 0.05) is 56.0 Å². The number of aromatic nitrogens is 3. The Labute approximate surface area is 242 Å². The van der Waals surface area contributed by atoms with Crippen molar-refractivity contribution in [2.45, 2.75) is 25.8 Å². The quantitative estimate of drug-likeness (QED) is 0.259. The topological polar surface area (TPSA) is 75.5 Å². The van der Waals surface area contributed by atoms with Gasteiger partial charge in [-0.05, 0) is 68.3 Å². The normalized spacial score (nSPS) is 14.2. The van der Waals surface area contributed by atoms with Crippen LogP contribution in [0.4, 0.5) is 0 Å². The van der Waals surface area contributed by atoms with E-state index in [0.717, 1.165) is 80.3 Å². The van der Waals surface area contributed by atoms with Gasteiger partial charge in [0.15, 0.2) is 0 Å². The van der Waals surface area contributed by atoms with Crippen LogP contribution in [0.25, 0.3) is 22.5 Å². The van der Waals surface area contributed by atoms with Crippen molar-refractivity contribution in [3.63, 3.8) is 0 Å². The van der Waals surface area contributed by atoms with Gasteiger partial charge in [0.1, 0.15) is 17.1 Å². The van der Waals surface area contributed by atoms with Crippen molar-refractivity contribution in [2.75, 3.05) is 53.4 Å². The smallest absolute Gasteiger partial charge is 0.251 e. The Kier molecular flexibility index (Phi) is 9.78. The van der Waals surface area contributed by atoms with Gasteiger partial charge in [-0.25, -0.2) is 0 Å². The van der Waals surface area contributed by atoms with E-state index in [1.165, 1.54) is 5.56 Å². The highest BCUT2D eigenvalue weighted by Gasteiger charge is 2.19. The molecule has 0 aliphatic carbocycles. The molecule has 1 amide bonds. The third-order valence-corrected chi connectivity index (χ3v) is 7.65. The molecule has 1 saturated heterocycles. The second kappa shape index (κ2) is 14.1. The van der Waals surface area contributed by atoms with Crippen LogP contribution in [0.1, 0.15) is 28.8 Å². The number of amides is 1. The number of aryl methyl sites for hydroxylation is 1. The molecule has 214 valence electrons. The SMILES string of the molecule is COc1ccc(-c2nn(CCN3CCN(C)CC3)nc2-c2cccc(C(=O)NCCCCc3ccccc3)c2)cc1. The molecule has 8 nitrogen and oxygen atoms in total. The first-order chi connectivity index (χ1) is 20.1. The molecule has 0 saturated carbocycles. The lowest BCUT2D eigenvalue weighted by Crippen LogP contribution is -2.45. The number of carbonyl (C=O) groups is 1. The fourth-order valence-electron chi connectivity index (χ4n) is 5.10. The third-order valence-electron chi connectivity index (χ3n) is 7.65. The summed E-state index contributed by atoms with van der Waals surface area (Å²) in [7, 11) is 3.83. The average molecular weight is 553 g/mol. The maximum absolute atomic E-state index is 13.0. The first-order valence-electron chi connectivity index (χ1n) is 14.5. The van der Waals surface area contributed by atoms with Gasteiger partial charge in [0.25, 0.3) is 5.91 Å². The number of nitrogens with zero attached hydrogens (tertiary/aromatic N) is 5. The Hall–Kier alpha value is -4.01. The van der Waals surface area contributed by atoms with Crippen LogP contribution >= 0.6 is 0 Å². The molecule has 3 aromatic carbocycles. The third kappa shape index (κ3) is 7.80. The maximum Gasteiger partial charge on any atom is 0.251 e. The van der Waals surface area contributed by atoms with E-state index in [2.05, 4.69) is 46.4 Å². The van der Waals surface area contributed by atoms with Gasteiger partial charge in [-0.15, -0.1) is 0 Å². The molecule has 0 unspecified atom stereocenters. The lowest BCUT2D eigenvalue weighted by Gasteiger charge is -2.32. The van der Waals surface area contributed by atoms with Gasteiger partial charge >= 0.3 is 0 Å². The number of carbonyl (C=O) groups excluding carboxylic acids is 1. The van der Waals surface area contributed by atoms with Gasteiger partial charge in [0.2, 0.25) is 0 Å². The summed E-state index contributed by atoms with van der Waals surface area (Å²) in [5.41, 5.74) is 5.35. The van der Waals surface area contributed by atoms with Crippen molar-refractivity contribution in [3.05, 3.63) is 90.0 Å². The lowest BCUT2D eigenvalue weighted by atomic mass is 10.0. The number of methoxy groups -OCH3 is 1. The van der Waals surface area contributed by atoms with Crippen LogP contribution in [0.3, 0.4) is 0 Å². The molecule has 1 aliphatic heterocycles. The van der Waals surface area contributed by atoms with Crippen LogP contribution in [-0.4, -0.2) is 84.1 Å². The lowest BCUT2D eigenvalue weighted by molar-refractivity contribution is 0.0953. The summed E-state index contributed by atoms with van der Waals surface area (Å²) in [4.78, 5) is 19.6. The maximum atomic E-state index is 13.0. The number of unbranched alkanes of at least 4 members (excludes halogenated alkanes) is 1. The monoisotopic (exact) mass is 552 g/mol. The van der Waals surface area contributed by atoms with Crippen LogP contribution < -0.4 is 10.1 Å². The summed E-state index contributed by atoms with van der Waals surface area (Å²) in [6.07, 6.45) is 2.99. The predicted octanol–water partition coefficient (Wildman–Crippen LogP) is 4.62. The van der Waals surface area contributed by atoms with E-state index in [-0.39, 0.29) is 5.91 Å². The summed E-state index contributed by atoms with van der Waals surface area (Å²) in [5, 5.41) is 12.9. The first kappa shape index (κ1) is 28.5. The summed E-state index contributed by atoms with van der Waals surface area (Å²) >= 11 is 0. The zero-order chi connectivity index (χ0) is 28.4. The minimum atomic E-state index is -0.0694. The van der Waals surface area contributed by atoms with Gasteiger partial charge < -0.3 is 15.0 Å². The van der Waals surface area contributed by atoms with E-state index < -0.39 is 0 Å². The summed E-state index contributed by atoms with van der Waals surface area (Å²) < 4.78 is 5.36. The average Bonchev–Trinajstić information content (AvgIpc) is 3.45. The van der Waals surface area contributed by atoms with Crippen molar-refractivity contribution in [3.8, 4) is 28.3 Å². The van der Waals surface area contributed by atoms with Crippen molar-refractivity contribution in [2.24, 2.45) is 0 Å². The number of ether oxygens (including phenoxy) is 1. The molecule has 41 heavy (non-hydrogen) atoms. The predicted molar refractivity (Wildman–Crippen MR) is 163 cm³/mol. The van der Waals surface area contributed by atoms with Crippen molar-refractivity contribution >= 4 is 5.91 Å². The van der Waals surface area contributed by atoms with E-state index in [1.807, 2.05) is 54.6 Å². The zero-order valence-electron chi connectivity index (χ0n) is 24.1. The van der Waals surface area contributed by atoms with E-state index in [0.29, 0.717) is 18.7 Å². The molecule has 0 radical (unpaired) electrons. The fraction of sp³-hybridized carbons (Fsp3) is 0.364. The van der Waals surface area contributed by atoms with Crippen LogP contribution in [0.5, 0.6) is 5.75 Å². The van der Waals surface area contributed by atoms with Gasteiger partial charge in [-0.3, -0.25) is 9.69 Å². The molecule has 0 atom stereocenters.